The van der Waals surface area contributed by atoms with Crippen molar-refractivity contribution >= 4 is 11.4 Å². The molecular weight excluding hydrogens is 619 g/mol. The van der Waals surface area contributed by atoms with Gasteiger partial charge in [-0.1, -0.05) is 89.0 Å². The van der Waals surface area contributed by atoms with Crippen LogP contribution in [0, 0.1) is 13.8 Å². The van der Waals surface area contributed by atoms with Crippen molar-refractivity contribution in [3.63, 3.8) is 0 Å². The molecule has 4 nitrogen and oxygen atoms in total. The molecule has 2 aromatic rings. The summed E-state index contributed by atoms with van der Waals surface area (Å²) >= 11 is 1.67. The first kappa shape index (κ1) is 41.1. The second kappa shape index (κ2) is 23.3. The summed E-state index contributed by atoms with van der Waals surface area (Å²) in [6.45, 7) is 24.4. The molecule has 0 saturated carbocycles. The molecule has 5 heteroatoms. The van der Waals surface area contributed by atoms with Crippen molar-refractivity contribution in [3.8, 4) is 0 Å². The number of allylic oxidation sites excluding steroid dienone is 2. The number of benzene rings is 2. The van der Waals surface area contributed by atoms with Crippen LogP contribution in [0.5, 0.6) is 0 Å². The summed E-state index contributed by atoms with van der Waals surface area (Å²) in [4.78, 5) is 0. The Balaban J connectivity index is 0.000000597. The maximum atomic E-state index is 11.6. The third-order valence-electron chi connectivity index (χ3n) is 8.81. The first-order valence-corrected chi connectivity index (χ1v) is 19.9. The molecule has 0 spiro atoms. The second-order valence-electron chi connectivity index (χ2n) is 13.0. The van der Waals surface area contributed by atoms with Crippen molar-refractivity contribution in [1.82, 2.24) is 7.96 Å². The van der Waals surface area contributed by atoms with Crippen molar-refractivity contribution in [2.45, 2.75) is 146 Å². The van der Waals surface area contributed by atoms with E-state index in [4.69, 9.17) is 0 Å². The van der Waals surface area contributed by atoms with E-state index in [-0.39, 0.29) is 0 Å². The normalized spacial score (nSPS) is 13.2. The van der Waals surface area contributed by atoms with Gasteiger partial charge in [-0.05, 0) is 87.8 Å². The average Bonchev–Trinajstić information content (AvgIpc) is 3.39. The molecule has 2 aromatic carbocycles. The van der Waals surface area contributed by atoms with Crippen LogP contribution in [0.4, 0.5) is 0 Å². The predicted octanol–water partition coefficient (Wildman–Crippen LogP) is 12.1. The minimum absolute atomic E-state index is 0.909. The molecule has 0 amide bonds. The first-order chi connectivity index (χ1) is 22.7. The van der Waals surface area contributed by atoms with Crippen LogP contribution in [0.2, 0.25) is 0 Å². The van der Waals surface area contributed by atoms with Crippen LogP contribution in [-0.4, -0.2) is 38.8 Å². The van der Waals surface area contributed by atoms with E-state index in [0.717, 1.165) is 68.8 Å². The van der Waals surface area contributed by atoms with Crippen LogP contribution in [0.3, 0.4) is 0 Å². The Morgan fingerprint density at radius 2 is 1.02 bits per heavy atom. The van der Waals surface area contributed by atoms with Crippen LogP contribution in [-0.2, 0) is 27.7 Å². The molecule has 0 bridgehead atoms. The van der Waals surface area contributed by atoms with Gasteiger partial charge in [0.25, 0.3) is 0 Å². The van der Waals surface area contributed by atoms with Crippen LogP contribution in [0.15, 0.2) is 48.0 Å². The molecule has 1 heterocycles. The topological polar surface area (TPSA) is 31.8 Å². The maximum absolute atomic E-state index is 11.6. The van der Waals surface area contributed by atoms with Crippen molar-refractivity contribution < 1.29 is 19.6 Å². The molecule has 266 valence electrons. The summed E-state index contributed by atoms with van der Waals surface area (Å²) in [5, 5.41) is 0. The summed E-state index contributed by atoms with van der Waals surface area (Å²) in [6.07, 6.45) is 17.9. The Kier molecular flexibility index (Phi) is 20.4. The molecule has 0 fully saturated rings. The molecule has 3 rings (SSSR count). The number of hydrogen-bond acceptors (Lipinski definition) is 2. The summed E-state index contributed by atoms with van der Waals surface area (Å²) in [5.74, 6) is 0. The van der Waals surface area contributed by atoms with E-state index < -0.39 is 0 Å². The SMILES string of the molecule is CCCCCCC1=C(c2cc(CCCCC)cc(CCCCC)c2)[N+](=[N-])C(c2cc(C)cc(C)c2)=C1.CC[N](CC)[Ni][N](CC)CC. The van der Waals surface area contributed by atoms with Crippen LogP contribution in [0.1, 0.15) is 152 Å². The van der Waals surface area contributed by atoms with Crippen molar-refractivity contribution in [1.29, 1.82) is 0 Å². The number of aryl methyl sites for hydroxylation is 4. The number of unbranched alkanes of at least 4 members (excludes halogenated alkanes) is 7. The van der Waals surface area contributed by atoms with Gasteiger partial charge in [0, 0.05) is 22.8 Å². The van der Waals surface area contributed by atoms with Gasteiger partial charge in [-0.25, -0.2) is 4.70 Å². The van der Waals surface area contributed by atoms with Gasteiger partial charge >= 0.3 is 76.7 Å². The van der Waals surface area contributed by atoms with Gasteiger partial charge in [0.05, 0.1) is 0 Å². The van der Waals surface area contributed by atoms with E-state index in [9.17, 15) is 5.53 Å². The van der Waals surface area contributed by atoms with E-state index in [1.807, 2.05) is 0 Å². The monoisotopic (exact) mass is 686 g/mol. The van der Waals surface area contributed by atoms with Crippen molar-refractivity contribution in [2.75, 3.05) is 26.2 Å². The van der Waals surface area contributed by atoms with Gasteiger partial charge in [-0.15, -0.1) is 0 Å². The Morgan fingerprint density at radius 1 is 0.553 bits per heavy atom. The summed E-state index contributed by atoms with van der Waals surface area (Å²) in [5.41, 5.74) is 22.4. The molecule has 0 aliphatic carbocycles. The van der Waals surface area contributed by atoms with Crippen molar-refractivity contribution in [3.05, 3.63) is 87.0 Å². The number of hydrogen-bond donors (Lipinski definition) is 0. The summed E-state index contributed by atoms with van der Waals surface area (Å²) < 4.78 is 6.24. The first-order valence-electron chi connectivity index (χ1n) is 19.0. The molecule has 1 aliphatic heterocycles. The molecule has 0 atom stereocenters. The number of rotatable bonds is 21. The van der Waals surface area contributed by atoms with E-state index in [2.05, 4.69) is 113 Å². The van der Waals surface area contributed by atoms with E-state index in [1.165, 1.54) is 95.9 Å². The molecule has 0 radical (unpaired) electrons. The van der Waals surface area contributed by atoms with E-state index in [1.54, 1.807) is 14.9 Å². The number of nitrogens with zero attached hydrogens (tertiary/aromatic N) is 4. The van der Waals surface area contributed by atoms with Gasteiger partial charge in [-0.3, -0.25) is 0 Å². The van der Waals surface area contributed by atoms with Crippen molar-refractivity contribution in [2.24, 2.45) is 0 Å². The molecule has 0 N–H and O–H groups in total. The zero-order chi connectivity index (χ0) is 34.6. The zero-order valence-electron chi connectivity index (χ0n) is 31.7. The fourth-order valence-electron chi connectivity index (χ4n) is 6.22. The molecule has 0 unspecified atom stereocenters. The van der Waals surface area contributed by atoms with Gasteiger partial charge in [0.1, 0.15) is 0 Å². The van der Waals surface area contributed by atoms with Gasteiger partial charge < -0.3 is 5.53 Å². The second-order valence-corrected chi connectivity index (χ2v) is 14.5. The molecule has 1 aliphatic rings. The quantitative estimate of drug-likeness (QED) is 0.0743. The summed E-state index contributed by atoms with van der Waals surface area (Å²) in [7, 11) is 0. The Hall–Kier alpha value is -2.07. The van der Waals surface area contributed by atoms with Gasteiger partial charge in [0.2, 0.25) is 11.4 Å². The molecule has 47 heavy (non-hydrogen) atoms. The van der Waals surface area contributed by atoms with E-state index >= 15 is 0 Å². The van der Waals surface area contributed by atoms with Crippen LogP contribution in [0.25, 0.3) is 16.9 Å². The summed E-state index contributed by atoms with van der Waals surface area (Å²) in [6, 6.07) is 13.7. The predicted molar refractivity (Wildman–Crippen MR) is 202 cm³/mol. The van der Waals surface area contributed by atoms with Crippen LogP contribution >= 0.6 is 0 Å². The molecule has 0 saturated heterocycles. The average molecular weight is 688 g/mol. The minimum atomic E-state index is 0.909. The third-order valence-corrected chi connectivity index (χ3v) is 10.6. The standard InChI is InChI=1S/C34H48N2.2C4H10N.Ni/c1-6-9-12-15-18-30-25-33(31-20-26(4)19-27(5)21-31)36(35)34(30)32-23-28(16-13-10-7-2)22-29(24-32)17-14-11-8-3;2*1-3-5-4-2;/h19-25H,6-18H2,1-5H3;2*3-4H2,1-2H3;/q;2*-1;+2. The van der Waals surface area contributed by atoms with Gasteiger partial charge in [-0.2, -0.15) is 0 Å². The Labute approximate surface area is 296 Å². The Bertz CT molecular complexity index is 1210. The van der Waals surface area contributed by atoms with Gasteiger partial charge in [0.15, 0.2) is 0 Å². The zero-order valence-corrected chi connectivity index (χ0v) is 32.7. The molecular formula is C42H68N4Ni. The molecule has 0 aromatic heterocycles. The van der Waals surface area contributed by atoms with Crippen LogP contribution < -0.4 is 0 Å². The van der Waals surface area contributed by atoms with E-state index in [0.29, 0.717) is 0 Å². The third kappa shape index (κ3) is 14.1. The fraction of sp³-hybridized carbons (Fsp3) is 0.619. The fourth-order valence-corrected chi connectivity index (χ4v) is 7.17. The Morgan fingerprint density at radius 3 is 1.49 bits per heavy atom.